The Balaban J connectivity index is 1.77. The summed E-state index contributed by atoms with van der Waals surface area (Å²) in [6.45, 7) is 2.32. The van der Waals surface area contributed by atoms with E-state index in [2.05, 4.69) is 10.6 Å². The van der Waals surface area contributed by atoms with Gasteiger partial charge in [-0.05, 0) is 61.7 Å². The Morgan fingerprint density at radius 1 is 1.04 bits per heavy atom. The van der Waals surface area contributed by atoms with Crippen LogP contribution in [-0.4, -0.2) is 26.7 Å². The Hall–Kier alpha value is -2.25. The molecule has 1 aliphatic rings. The lowest BCUT2D eigenvalue weighted by Crippen LogP contribution is -2.38. The van der Waals surface area contributed by atoms with Crippen molar-refractivity contribution in [1.29, 1.82) is 0 Å². The second-order valence-electron chi connectivity index (χ2n) is 6.18. The average Bonchev–Trinajstić information content (AvgIpc) is 2.59. The van der Waals surface area contributed by atoms with Gasteiger partial charge in [-0.2, -0.15) is 0 Å². The van der Waals surface area contributed by atoms with Gasteiger partial charge in [-0.1, -0.05) is 17.7 Å². The van der Waals surface area contributed by atoms with E-state index in [1.54, 1.807) is 42.5 Å². The molecule has 2 aromatic rings. The molecule has 0 radical (unpaired) electrons. The molecule has 2 N–H and O–H groups in total. The lowest BCUT2D eigenvalue weighted by atomic mass is 10.1. The molecule has 1 saturated heterocycles. The van der Waals surface area contributed by atoms with Crippen LogP contribution in [0.5, 0.6) is 0 Å². The van der Waals surface area contributed by atoms with Gasteiger partial charge in [-0.25, -0.2) is 13.2 Å². The number of carbonyl (C=O) groups excluding carboxylic acids is 1. The second kappa shape index (κ2) is 7.55. The average molecular weight is 394 g/mol. The minimum Gasteiger partial charge on any atom is -0.308 e. The van der Waals surface area contributed by atoms with Crippen LogP contribution < -0.4 is 14.9 Å². The normalized spacial score (nSPS) is 16.2. The van der Waals surface area contributed by atoms with Gasteiger partial charge in [0.2, 0.25) is 10.0 Å². The zero-order valence-corrected chi connectivity index (χ0v) is 15.9. The van der Waals surface area contributed by atoms with Crippen LogP contribution >= 0.6 is 11.6 Å². The summed E-state index contributed by atoms with van der Waals surface area (Å²) in [4.78, 5) is 12.2. The number of nitrogens with one attached hydrogen (secondary N) is 2. The van der Waals surface area contributed by atoms with E-state index >= 15 is 0 Å². The van der Waals surface area contributed by atoms with E-state index in [0.29, 0.717) is 35.1 Å². The number of hydrogen-bond acceptors (Lipinski definition) is 3. The first-order chi connectivity index (χ1) is 12.3. The summed E-state index contributed by atoms with van der Waals surface area (Å²) in [7, 11) is -3.30. The molecule has 0 aliphatic carbocycles. The summed E-state index contributed by atoms with van der Waals surface area (Å²) in [5.74, 6) is 0.154. The number of hydrogen-bond donors (Lipinski definition) is 2. The predicted molar refractivity (Wildman–Crippen MR) is 106 cm³/mol. The lowest BCUT2D eigenvalue weighted by Gasteiger charge is -2.29. The Bertz CT molecular complexity index is 914. The zero-order chi connectivity index (χ0) is 18.7. The molecule has 0 aromatic heterocycles. The van der Waals surface area contributed by atoms with Crippen molar-refractivity contribution < 1.29 is 13.2 Å². The highest BCUT2D eigenvalue weighted by Gasteiger charge is 2.27. The van der Waals surface area contributed by atoms with E-state index in [-0.39, 0.29) is 5.75 Å². The first-order valence-corrected chi connectivity index (χ1v) is 10.3. The molecule has 0 spiro atoms. The van der Waals surface area contributed by atoms with Gasteiger partial charge in [0.05, 0.1) is 11.4 Å². The number of benzene rings is 2. The van der Waals surface area contributed by atoms with Gasteiger partial charge < -0.3 is 10.6 Å². The van der Waals surface area contributed by atoms with Gasteiger partial charge in [0.15, 0.2) is 0 Å². The van der Waals surface area contributed by atoms with Crippen molar-refractivity contribution >= 4 is 44.7 Å². The molecule has 1 fully saturated rings. The van der Waals surface area contributed by atoms with E-state index in [4.69, 9.17) is 11.6 Å². The van der Waals surface area contributed by atoms with E-state index in [1.165, 1.54) is 4.31 Å². The van der Waals surface area contributed by atoms with Crippen LogP contribution in [0.2, 0.25) is 5.02 Å². The number of urea groups is 1. The minimum atomic E-state index is -3.30. The maximum Gasteiger partial charge on any atom is 0.323 e. The quantitative estimate of drug-likeness (QED) is 0.819. The summed E-state index contributed by atoms with van der Waals surface area (Å²) < 4.78 is 26.1. The van der Waals surface area contributed by atoms with Crippen LogP contribution in [0.3, 0.4) is 0 Å². The number of carbonyl (C=O) groups is 1. The van der Waals surface area contributed by atoms with Gasteiger partial charge in [0, 0.05) is 22.9 Å². The Morgan fingerprint density at radius 2 is 1.69 bits per heavy atom. The number of anilines is 3. The minimum absolute atomic E-state index is 0.154. The molecule has 26 heavy (non-hydrogen) atoms. The Morgan fingerprint density at radius 3 is 2.38 bits per heavy atom. The van der Waals surface area contributed by atoms with Gasteiger partial charge >= 0.3 is 6.03 Å². The third-order valence-corrected chi connectivity index (χ3v) is 6.29. The molecule has 3 rings (SSSR count). The highest BCUT2D eigenvalue weighted by Crippen LogP contribution is 2.29. The maximum atomic E-state index is 12.4. The number of nitrogens with zero attached hydrogens (tertiary/aromatic N) is 1. The van der Waals surface area contributed by atoms with Crippen LogP contribution in [0.25, 0.3) is 0 Å². The number of halogens is 1. The van der Waals surface area contributed by atoms with Crippen molar-refractivity contribution in [2.45, 2.75) is 19.8 Å². The van der Waals surface area contributed by atoms with E-state index < -0.39 is 16.1 Å². The fourth-order valence-corrected chi connectivity index (χ4v) is 4.66. The maximum absolute atomic E-state index is 12.4. The first-order valence-electron chi connectivity index (χ1n) is 8.30. The summed E-state index contributed by atoms with van der Waals surface area (Å²) in [5, 5.41) is 6.03. The smallest absolute Gasteiger partial charge is 0.308 e. The van der Waals surface area contributed by atoms with Crippen molar-refractivity contribution in [2.75, 3.05) is 27.2 Å². The summed E-state index contributed by atoms with van der Waals surface area (Å²) >= 11 is 5.82. The molecule has 1 aliphatic heterocycles. The first kappa shape index (κ1) is 18.5. The van der Waals surface area contributed by atoms with Crippen LogP contribution in [0, 0.1) is 6.92 Å². The highest BCUT2D eigenvalue weighted by atomic mass is 35.5. The van der Waals surface area contributed by atoms with Crippen LogP contribution in [0.4, 0.5) is 21.9 Å². The Labute approximate surface area is 158 Å². The molecular formula is C18H20ClN3O3S. The van der Waals surface area contributed by atoms with Crippen LogP contribution in [0.1, 0.15) is 18.4 Å². The van der Waals surface area contributed by atoms with Crippen LogP contribution in [0.15, 0.2) is 42.5 Å². The molecule has 2 amide bonds. The largest absolute Gasteiger partial charge is 0.323 e. The molecule has 6 nitrogen and oxygen atoms in total. The van der Waals surface area contributed by atoms with E-state index in [9.17, 15) is 13.2 Å². The van der Waals surface area contributed by atoms with Crippen LogP contribution in [-0.2, 0) is 10.0 Å². The summed E-state index contributed by atoms with van der Waals surface area (Å²) in [6.07, 6.45) is 1.51. The molecule has 0 bridgehead atoms. The monoisotopic (exact) mass is 393 g/mol. The third kappa shape index (κ3) is 4.28. The van der Waals surface area contributed by atoms with E-state index in [1.807, 2.05) is 6.92 Å². The molecule has 0 saturated carbocycles. The molecular weight excluding hydrogens is 374 g/mol. The molecule has 0 atom stereocenters. The number of rotatable bonds is 3. The SMILES string of the molecule is Cc1ccc(NC(=O)Nc2ccc(Cl)cc2)cc1N1CCCCS1(=O)=O. The van der Waals surface area contributed by atoms with Crippen molar-refractivity contribution in [1.82, 2.24) is 0 Å². The summed E-state index contributed by atoms with van der Waals surface area (Å²) in [5.41, 5.74) is 2.59. The van der Waals surface area contributed by atoms with Crippen molar-refractivity contribution in [3.8, 4) is 0 Å². The van der Waals surface area contributed by atoms with Gasteiger partial charge in [0.1, 0.15) is 0 Å². The van der Waals surface area contributed by atoms with Crippen molar-refractivity contribution in [2.24, 2.45) is 0 Å². The fourth-order valence-electron chi connectivity index (χ4n) is 2.84. The molecule has 2 aromatic carbocycles. The number of sulfonamides is 1. The third-order valence-electron chi connectivity index (χ3n) is 4.19. The molecule has 1 heterocycles. The Kier molecular flexibility index (Phi) is 5.38. The topological polar surface area (TPSA) is 78.5 Å². The van der Waals surface area contributed by atoms with E-state index in [0.717, 1.165) is 12.0 Å². The van der Waals surface area contributed by atoms with Crippen molar-refractivity contribution in [3.63, 3.8) is 0 Å². The van der Waals surface area contributed by atoms with Gasteiger partial charge in [-0.3, -0.25) is 4.31 Å². The zero-order valence-electron chi connectivity index (χ0n) is 14.3. The standard InChI is InChI=1S/C18H20ClN3O3S/c1-13-4-7-16(12-17(13)22-10-2-3-11-26(22,24)25)21-18(23)20-15-8-5-14(19)6-9-15/h4-9,12H,2-3,10-11H2,1H3,(H2,20,21,23). The number of aryl methyl sites for hydroxylation is 1. The van der Waals surface area contributed by atoms with Gasteiger partial charge in [-0.15, -0.1) is 0 Å². The predicted octanol–water partition coefficient (Wildman–Crippen LogP) is 4.22. The van der Waals surface area contributed by atoms with Crippen molar-refractivity contribution in [3.05, 3.63) is 53.1 Å². The number of amides is 2. The fraction of sp³-hybridized carbons (Fsp3) is 0.278. The molecule has 8 heteroatoms. The van der Waals surface area contributed by atoms with Gasteiger partial charge in [0.25, 0.3) is 0 Å². The lowest BCUT2D eigenvalue weighted by molar-refractivity contribution is 0.262. The molecule has 138 valence electrons. The second-order valence-corrected chi connectivity index (χ2v) is 8.63. The highest BCUT2D eigenvalue weighted by molar-refractivity contribution is 7.92. The molecule has 0 unspecified atom stereocenters. The summed E-state index contributed by atoms with van der Waals surface area (Å²) in [6, 6.07) is 11.6.